The fourth-order valence-electron chi connectivity index (χ4n) is 2.76. The Labute approximate surface area is 133 Å². The number of hydrogen-bond acceptors (Lipinski definition) is 3. The van der Waals surface area contributed by atoms with Gasteiger partial charge in [-0.3, -0.25) is 0 Å². The second kappa shape index (κ2) is 7.23. The summed E-state index contributed by atoms with van der Waals surface area (Å²) in [5.41, 5.74) is 2.31. The van der Waals surface area contributed by atoms with Crippen molar-refractivity contribution in [3.8, 4) is 6.07 Å². The predicted octanol–water partition coefficient (Wildman–Crippen LogP) is 2.16. The number of aryl methyl sites for hydroxylation is 1. The number of hydrogen-bond donors (Lipinski definition) is 0. The number of rotatable bonds is 5. The largest absolute Gasteiger partial charge is 0.282 e. The van der Waals surface area contributed by atoms with Crippen molar-refractivity contribution >= 4 is 10.2 Å². The average molecular weight is 321 g/mol. The zero-order valence-corrected chi connectivity index (χ0v) is 14.0. The molecule has 0 spiro atoms. The highest BCUT2D eigenvalue weighted by atomic mass is 32.2. The molecule has 6 heteroatoms. The molecule has 1 atom stereocenters. The zero-order chi connectivity index (χ0) is 16.2. The SMILES string of the molecule is CCN(CC(C)C#N)S(=O)(=O)N1CCCc2ccccc2C1. The topological polar surface area (TPSA) is 64.4 Å². The highest BCUT2D eigenvalue weighted by molar-refractivity contribution is 7.86. The van der Waals surface area contributed by atoms with Crippen LogP contribution in [0.2, 0.25) is 0 Å². The van der Waals surface area contributed by atoms with Crippen LogP contribution in [0, 0.1) is 17.2 Å². The van der Waals surface area contributed by atoms with Gasteiger partial charge in [-0.05, 0) is 30.9 Å². The van der Waals surface area contributed by atoms with Crippen LogP contribution in [0.5, 0.6) is 0 Å². The molecule has 1 aromatic rings. The summed E-state index contributed by atoms with van der Waals surface area (Å²) < 4.78 is 28.7. The molecule has 1 unspecified atom stereocenters. The van der Waals surface area contributed by atoms with Gasteiger partial charge in [-0.2, -0.15) is 22.3 Å². The summed E-state index contributed by atoms with van der Waals surface area (Å²) in [6.07, 6.45) is 1.73. The first-order chi connectivity index (χ1) is 10.5. The standard InChI is InChI=1S/C16H23N3O2S/c1-3-18(12-14(2)11-17)22(20,21)19-10-6-9-15-7-4-5-8-16(15)13-19/h4-5,7-8,14H,3,6,9-10,12-13H2,1-2H3. The van der Waals surface area contributed by atoms with Crippen molar-refractivity contribution in [3.63, 3.8) is 0 Å². The molecule has 0 fully saturated rings. The monoisotopic (exact) mass is 321 g/mol. The van der Waals surface area contributed by atoms with E-state index in [9.17, 15) is 8.42 Å². The minimum absolute atomic E-state index is 0.244. The lowest BCUT2D eigenvalue weighted by atomic mass is 10.0. The molecule has 0 aromatic heterocycles. The zero-order valence-electron chi connectivity index (χ0n) is 13.2. The van der Waals surface area contributed by atoms with Crippen LogP contribution in [0.25, 0.3) is 0 Å². The van der Waals surface area contributed by atoms with E-state index in [0.717, 1.165) is 18.4 Å². The van der Waals surface area contributed by atoms with Gasteiger partial charge in [0.2, 0.25) is 0 Å². The Hall–Kier alpha value is -1.42. The van der Waals surface area contributed by atoms with Gasteiger partial charge in [0.1, 0.15) is 0 Å². The van der Waals surface area contributed by atoms with Crippen molar-refractivity contribution in [1.82, 2.24) is 8.61 Å². The predicted molar refractivity (Wildman–Crippen MR) is 86.1 cm³/mol. The van der Waals surface area contributed by atoms with Gasteiger partial charge in [0, 0.05) is 26.2 Å². The quantitative estimate of drug-likeness (QED) is 0.835. The van der Waals surface area contributed by atoms with Gasteiger partial charge in [0.15, 0.2) is 0 Å². The molecule has 1 aromatic carbocycles. The first kappa shape index (κ1) is 16.9. The summed E-state index contributed by atoms with van der Waals surface area (Å²) >= 11 is 0. The van der Waals surface area contributed by atoms with E-state index in [1.54, 1.807) is 11.2 Å². The Balaban J connectivity index is 2.23. The van der Waals surface area contributed by atoms with Crippen LogP contribution in [0.3, 0.4) is 0 Å². The molecule has 0 saturated heterocycles. The average Bonchev–Trinajstić information content (AvgIpc) is 2.74. The molecule has 120 valence electrons. The molecule has 1 aliphatic heterocycles. The van der Waals surface area contributed by atoms with E-state index < -0.39 is 10.2 Å². The summed E-state index contributed by atoms with van der Waals surface area (Å²) in [6, 6.07) is 10.1. The van der Waals surface area contributed by atoms with Crippen LogP contribution in [0.1, 0.15) is 31.4 Å². The Morgan fingerprint density at radius 3 is 2.68 bits per heavy atom. The van der Waals surface area contributed by atoms with Crippen LogP contribution in [-0.4, -0.2) is 36.7 Å². The molecule has 5 nitrogen and oxygen atoms in total. The second-order valence-electron chi connectivity index (χ2n) is 5.69. The lowest BCUT2D eigenvalue weighted by molar-refractivity contribution is 0.328. The first-order valence-corrected chi connectivity index (χ1v) is 9.10. The summed E-state index contributed by atoms with van der Waals surface area (Å²) in [4.78, 5) is 0. The first-order valence-electron chi connectivity index (χ1n) is 7.70. The summed E-state index contributed by atoms with van der Waals surface area (Å²) in [5, 5.41) is 8.95. The molecule has 2 rings (SSSR count). The molecule has 0 aliphatic carbocycles. The van der Waals surface area contributed by atoms with Crippen molar-refractivity contribution in [3.05, 3.63) is 35.4 Å². The van der Waals surface area contributed by atoms with Crippen LogP contribution >= 0.6 is 0 Å². The summed E-state index contributed by atoms with van der Waals surface area (Å²) in [7, 11) is -3.53. The van der Waals surface area contributed by atoms with Crippen LogP contribution < -0.4 is 0 Å². The van der Waals surface area contributed by atoms with Crippen LogP contribution in [-0.2, 0) is 23.2 Å². The van der Waals surface area contributed by atoms with E-state index in [0.29, 0.717) is 19.6 Å². The molecule has 0 radical (unpaired) electrons. The van der Waals surface area contributed by atoms with Crippen LogP contribution in [0.4, 0.5) is 0 Å². The smallest absolute Gasteiger partial charge is 0.198 e. The number of fused-ring (bicyclic) bond motifs is 1. The third-order valence-electron chi connectivity index (χ3n) is 4.02. The Morgan fingerprint density at radius 2 is 2.05 bits per heavy atom. The lowest BCUT2D eigenvalue weighted by Gasteiger charge is -2.29. The van der Waals surface area contributed by atoms with Crippen molar-refractivity contribution in [2.24, 2.45) is 5.92 Å². The van der Waals surface area contributed by atoms with Gasteiger partial charge >= 0.3 is 0 Å². The van der Waals surface area contributed by atoms with E-state index in [2.05, 4.69) is 12.1 Å². The fourth-order valence-corrected chi connectivity index (χ4v) is 4.49. The van der Waals surface area contributed by atoms with Crippen LogP contribution in [0.15, 0.2) is 24.3 Å². The van der Waals surface area contributed by atoms with E-state index in [1.165, 1.54) is 9.87 Å². The molecule has 1 aliphatic rings. The number of benzene rings is 1. The van der Waals surface area contributed by atoms with Crippen molar-refractivity contribution in [2.45, 2.75) is 33.2 Å². The summed E-state index contributed by atoms with van der Waals surface area (Å²) in [5.74, 6) is -0.311. The van der Waals surface area contributed by atoms with Gasteiger partial charge in [-0.1, -0.05) is 31.2 Å². The van der Waals surface area contributed by atoms with Gasteiger partial charge in [-0.15, -0.1) is 0 Å². The van der Waals surface area contributed by atoms with Gasteiger partial charge in [0.25, 0.3) is 10.2 Å². The highest BCUT2D eigenvalue weighted by Gasteiger charge is 2.31. The number of nitrogens with zero attached hydrogens (tertiary/aromatic N) is 3. The van der Waals surface area contributed by atoms with Crippen molar-refractivity contribution in [1.29, 1.82) is 5.26 Å². The Morgan fingerprint density at radius 1 is 1.36 bits per heavy atom. The minimum atomic E-state index is -3.53. The van der Waals surface area contributed by atoms with Crippen molar-refractivity contribution in [2.75, 3.05) is 19.6 Å². The second-order valence-corrected chi connectivity index (χ2v) is 7.62. The normalized spacial score (nSPS) is 17.5. The Bertz CT molecular complexity index is 652. The summed E-state index contributed by atoms with van der Waals surface area (Å²) in [6.45, 7) is 5.12. The Kier molecular flexibility index (Phi) is 5.57. The molecular weight excluding hydrogens is 298 g/mol. The molecule has 0 N–H and O–H groups in total. The maximum atomic E-state index is 12.9. The molecular formula is C16H23N3O2S. The third kappa shape index (κ3) is 3.67. The maximum Gasteiger partial charge on any atom is 0.282 e. The highest BCUT2D eigenvalue weighted by Crippen LogP contribution is 2.22. The van der Waals surface area contributed by atoms with E-state index in [-0.39, 0.29) is 12.5 Å². The molecule has 0 bridgehead atoms. The fraction of sp³-hybridized carbons (Fsp3) is 0.562. The maximum absolute atomic E-state index is 12.9. The third-order valence-corrected chi connectivity index (χ3v) is 6.05. The number of nitriles is 1. The van der Waals surface area contributed by atoms with E-state index in [4.69, 9.17) is 5.26 Å². The van der Waals surface area contributed by atoms with E-state index >= 15 is 0 Å². The molecule has 22 heavy (non-hydrogen) atoms. The van der Waals surface area contributed by atoms with Crippen molar-refractivity contribution < 1.29 is 8.42 Å². The molecule has 0 saturated carbocycles. The molecule has 0 amide bonds. The lowest BCUT2D eigenvalue weighted by Crippen LogP contribution is -2.45. The van der Waals surface area contributed by atoms with Gasteiger partial charge in [-0.25, -0.2) is 0 Å². The van der Waals surface area contributed by atoms with E-state index in [1.807, 2.05) is 25.1 Å². The van der Waals surface area contributed by atoms with Gasteiger partial charge < -0.3 is 0 Å². The van der Waals surface area contributed by atoms with Gasteiger partial charge in [0.05, 0.1) is 12.0 Å². The minimum Gasteiger partial charge on any atom is -0.198 e. The molecule has 1 heterocycles.